The van der Waals surface area contributed by atoms with E-state index in [0.717, 1.165) is 36.4 Å². The third-order valence-electron chi connectivity index (χ3n) is 14.3. The van der Waals surface area contributed by atoms with E-state index in [9.17, 15) is 47.1 Å². The minimum Gasteiger partial charge on any atom is -0.356 e. The first-order chi connectivity index (χ1) is 36.7. The quantitative estimate of drug-likeness (QED) is 0.0170. The van der Waals surface area contributed by atoms with E-state index in [-0.39, 0.29) is 47.3 Å². The number of anilines is 1. The highest BCUT2D eigenvalue weighted by Gasteiger charge is 2.65. The number of hydroxylamine groups is 1. The van der Waals surface area contributed by atoms with E-state index in [4.69, 9.17) is 0 Å². The molecule has 77 heavy (non-hydrogen) atoms. The number of alkyl halides is 3. The number of fused-ring (bicyclic) bond motifs is 2. The van der Waals surface area contributed by atoms with Gasteiger partial charge < -0.3 is 31.5 Å². The highest BCUT2D eigenvalue weighted by atomic mass is 19.4. The van der Waals surface area contributed by atoms with Gasteiger partial charge >= 0.3 is 11.8 Å². The molecule has 17 nitrogen and oxygen atoms in total. The number of amides is 6. The van der Waals surface area contributed by atoms with Crippen LogP contribution in [0.25, 0.3) is 0 Å². The van der Waals surface area contributed by atoms with Crippen LogP contribution in [0.5, 0.6) is 0 Å². The molecule has 0 bridgehead atoms. The molecule has 0 spiro atoms. The van der Waals surface area contributed by atoms with Gasteiger partial charge in [-0.1, -0.05) is 98.8 Å². The first-order valence-electron chi connectivity index (χ1n) is 25.6. The van der Waals surface area contributed by atoms with Crippen molar-refractivity contribution in [2.24, 2.45) is 10.2 Å². The second kappa shape index (κ2) is 24.3. The molecule has 0 aliphatic carbocycles. The molecule has 4 aromatic rings. The van der Waals surface area contributed by atoms with Crippen molar-refractivity contribution >= 4 is 52.5 Å². The zero-order valence-electron chi connectivity index (χ0n) is 43.8. The fourth-order valence-corrected chi connectivity index (χ4v) is 9.98. The molecule has 6 amide bonds. The normalized spacial score (nSPS) is 16.8. The molecule has 0 saturated heterocycles. The fraction of sp³-hybridized carbons (Fsp3) is 0.386. The summed E-state index contributed by atoms with van der Waals surface area (Å²) in [6, 6.07) is 27.7. The molecule has 3 aliphatic heterocycles. The van der Waals surface area contributed by atoms with E-state index in [0.29, 0.717) is 37.8 Å². The van der Waals surface area contributed by atoms with Crippen LogP contribution in [0.3, 0.4) is 0 Å². The second-order valence-corrected chi connectivity index (χ2v) is 20.3. The first-order valence-corrected chi connectivity index (χ1v) is 25.6. The van der Waals surface area contributed by atoms with Gasteiger partial charge in [0.1, 0.15) is 19.1 Å². The molecule has 2 atom stereocenters. The summed E-state index contributed by atoms with van der Waals surface area (Å²) in [5.74, 6) is -4.09. The molecule has 0 radical (unpaired) electrons. The van der Waals surface area contributed by atoms with Crippen LogP contribution in [0, 0.1) is 0 Å². The van der Waals surface area contributed by atoms with E-state index >= 15 is 0 Å². The Hall–Kier alpha value is -8.00. The number of allylic oxidation sites excluding steroid dienone is 4. The van der Waals surface area contributed by atoms with Crippen LogP contribution in [-0.2, 0) is 46.9 Å². The van der Waals surface area contributed by atoms with Crippen molar-refractivity contribution in [2.45, 2.75) is 107 Å². The lowest BCUT2D eigenvalue weighted by Gasteiger charge is -2.27. The molecule has 0 aromatic heterocycles. The van der Waals surface area contributed by atoms with Gasteiger partial charge in [-0.25, -0.2) is 5.48 Å². The van der Waals surface area contributed by atoms with Crippen LogP contribution in [0.15, 0.2) is 137 Å². The van der Waals surface area contributed by atoms with Gasteiger partial charge in [-0.15, -0.1) is 10.2 Å². The lowest BCUT2D eigenvalue weighted by atomic mass is 9.81. The average Bonchev–Trinajstić information content (AvgIpc) is 4.18. The molecule has 0 fully saturated rings. The van der Waals surface area contributed by atoms with Crippen molar-refractivity contribution < 1.29 is 51.7 Å². The zero-order chi connectivity index (χ0) is 55.5. The number of unbranched alkanes of at least 4 members (excludes halogenated alkanes) is 2. The van der Waals surface area contributed by atoms with Crippen molar-refractivity contribution in [3.8, 4) is 0 Å². The van der Waals surface area contributed by atoms with Crippen molar-refractivity contribution in [3.05, 3.63) is 155 Å². The Morgan fingerprint density at radius 1 is 0.701 bits per heavy atom. The maximum absolute atomic E-state index is 13.6. The maximum Gasteiger partial charge on any atom is 0.442 e. The van der Waals surface area contributed by atoms with E-state index in [1.165, 1.54) is 33.7 Å². The van der Waals surface area contributed by atoms with Gasteiger partial charge in [0.25, 0.3) is 11.8 Å². The zero-order valence-corrected chi connectivity index (χ0v) is 43.8. The molecule has 20 heteroatoms. The Morgan fingerprint density at radius 2 is 1.36 bits per heavy atom. The number of para-hydroxylation sites is 2. The molecular weight excluding hydrogens is 994 g/mol. The Morgan fingerprint density at radius 3 is 2.04 bits per heavy atom. The molecule has 3 heterocycles. The summed E-state index contributed by atoms with van der Waals surface area (Å²) in [5, 5.41) is 28.3. The highest BCUT2D eigenvalue weighted by Crippen LogP contribution is 2.52. The molecule has 4 aromatic carbocycles. The van der Waals surface area contributed by atoms with Crippen LogP contribution in [0.1, 0.15) is 98.8 Å². The standard InChI is InChI=1S/C57H65F3N10O7/c1-54(2)40-20-9-11-23-44(40)69(5)46(54)25-17-26-47-55(3,4)41-21-10-12-24-45(41)70(47)33-16-14-27-48(71)61-32-15-13-22-42(65-51(74)38-28-30-39(31-29-38)56(67-68-56)57(58,59)60)52(75)63-35-49(72)62-36-50(73)64-43(53(76)66-77)34-37-18-7-6-8-19-37/h6-12,17-21,23-26,28-31,42-43H,13-16,22,27,32-36H2,1-5H3,(H6-,61,62,63,64,65,66,67,68,71,72,73,74,75,76,77)/p+1/t42-,43-/m0/s1. The largest absolute Gasteiger partial charge is 0.442 e. The Balaban J connectivity index is 0.895. The average molecular weight is 1060 g/mol. The number of hydrogen-bond donors (Lipinski definition) is 7. The molecule has 7 N–H and O–H groups in total. The molecule has 0 saturated carbocycles. The van der Waals surface area contributed by atoms with Gasteiger partial charge in [0.05, 0.1) is 18.5 Å². The Bertz CT molecular complexity index is 2970. The Labute approximate surface area is 445 Å². The number of nitrogens with one attached hydrogen (secondary N) is 6. The molecule has 3 aliphatic rings. The molecule has 0 unspecified atom stereocenters. The number of hydrogen-bond acceptors (Lipinski definition) is 10. The van der Waals surface area contributed by atoms with Gasteiger partial charge in [-0.3, -0.25) is 34.0 Å². The third kappa shape index (κ3) is 13.3. The minimum absolute atomic E-state index is 0.0484. The fourth-order valence-electron chi connectivity index (χ4n) is 9.98. The van der Waals surface area contributed by atoms with E-state index < -0.39 is 66.5 Å². The van der Waals surface area contributed by atoms with Crippen LogP contribution in [0.4, 0.5) is 24.5 Å². The number of carbonyl (C=O) groups is 6. The van der Waals surface area contributed by atoms with E-state index in [1.54, 1.807) is 30.3 Å². The smallest absolute Gasteiger partial charge is 0.356 e. The highest BCUT2D eigenvalue weighted by molar-refractivity contribution is 6.03. The summed E-state index contributed by atoms with van der Waals surface area (Å²) < 4.78 is 43.1. The summed E-state index contributed by atoms with van der Waals surface area (Å²) in [7, 11) is 2.10. The third-order valence-corrected chi connectivity index (χ3v) is 14.3. The van der Waals surface area contributed by atoms with Crippen LogP contribution in [-0.4, -0.2) is 102 Å². The minimum atomic E-state index is -4.77. The summed E-state index contributed by atoms with van der Waals surface area (Å²) in [4.78, 5) is 80.0. The van der Waals surface area contributed by atoms with Crippen molar-refractivity contribution in [1.82, 2.24) is 32.1 Å². The molecule has 406 valence electrons. The van der Waals surface area contributed by atoms with Gasteiger partial charge in [0.2, 0.25) is 29.3 Å². The number of nitrogens with zero attached hydrogens (tertiary/aromatic N) is 4. The first kappa shape index (κ1) is 56.7. The number of carbonyl (C=O) groups excluding carboxylic acids is 6. The van der Waals surface area contributed by atoms with Crippen molar-refractivity contribution in [2.75, 3.05) is 38.1 Å². The number of rotatable bonds is 24. The predicted octanol–water partition coefficient (Wildman–Crippen LogP) is 6.83. The van der Waals surface area contributed by atoms with Gasteiger partial charge in [-0.2, -0.15) is 17.7 Å². The van der Waals surface area contributed by atoms with Crippen molar-refractivity contribution in [1.29, 1.82) is 0 Å². The predicted molar refractivity (Wildman–Crippen MR) is 283 cm³/mol. The molecular formula is C57H66F3N10O7+. The topological polar surface area (TPSA) is 226 Å². The summed E-state index contributed by atoms with van der Waals surface area (Å²) in [6.07, 6.45) is 4.31. The van der Waals surface area contributed by atoms with Crippen molar-refractivity contribution in [3.63, 3.8) is 0 Å². The second-order valence-electron chi connectivity index (χ2n) is 20.3. The van der Waals surface area contributed by atoms with Gasteiger partial charge in [-0.05, 0) is 81.4 Å². The monoisotopic (exact) mass is 1060 g/mol. The van der Waals surface area contributed by atoms with Crippen LogP contribution < -0.4 is 37.0 Å². The lowest BCUT2D eigenvalue weighted by Crippen LogP contribution is -2.51. The van der Waals surface area contributed by atoms with Crippen LogP contribution in [0.2, 0.25) is 0 Å². The van der Waals surface area contributed by atoms with E-state index in [2.05, 4.69) is 142 Å². The van der Waals surface area contributed by atoms with Crippen LogP contribution >= 0.6 is 0 Å². The number of halogens is 3. The Kier molecular flexibility index (Phi) is 17.9. The molecule has 7 rings (SSSR count). The van der Waals surface area contributed by atoms with Gasteiger partial charge in [0, 0.05) is 71.6 Å². The summed E-state index contributed by atoms with van der Waals surface area (Å²) in [5.41, 5.74) is 6.02. The van der Waals surface area contributed by atoms with E-state index in [1.807, 2.05) is 6.07 Å². The number of benzene rings is 4. The maximum atomic E-state index is 13.6. The summed E-state index contributed by atoms with van der Waals surface area (Å²) in [6.45, 7) is 8.75. The SMILES string of the molecule is C[N+]1=C(C=CC=C2N(CCCCC(=O)NCCCC[C@H](NC(=O)c3ccc(C4(C(F)(F)F)N=N4)cc3)C(=O)NCC(=O)NCC(=O)N[C@@H](Cc3ccccc3)C(=O)NO)c3ccccc3C2(C)C)C(C)(C)c2ccccc21. The van der Waals surface area contributed by atoms with Gasteiger partial charge in [0.15, 0.2) is 5.71 Å². The summed E-state index contributed by atoms with van der Waals surface area (Å²) >= 11 is 0. The lowest BCUT2D eigenvalue weighted by molar-refractivity contribution is -0.401.